The van der Waals surface area contributed by atoms with Crippen LogP contribution in [0.3, 0.4) is 0 Å². The van der Waals surface area contributed by atoms with Crippen molar-refractivity contribution < 1.29 is 9.47 Å². The molecular formula is C18H33NO2. The first-order valence-corrected chi connectivity index (χ1v) is 9.23. The highest BCUT2D eigenvalue weighted by atomic mass is 16.5. The highest BCUT2D eigenvalue weighted by Gasteiger charge is 2.44. The third-order valence-electron chi connectivity index (χ3n) is 6.04. The van der Waals surface area contributed by atoms with E-state index in [0.29, 0.717) is 18.1 Å². The Morgan fingerprint density at radius 3 is 2.62 bits per heavy atom. The lowest BCUT2D eigenvalue weighted by atomic mass is 9.72. The molecule has 3 heteroatoms. The monoisotopic (exact) mass is 295 g/mol. The number of hydrogen-bond acceptors (Lipinski definition) is 3. The average Bonchev–Trinajstić information content (AvgIpc) is 2.91. The van der Waals surface area contributed by atoms with E-state index < -0.39 is 0 Å². The Morgan fingerprint density at radius 1 is 1.14 bits per heavy atom. The summed E-state index contributed by atoms with van der Waals surface area (Å²) in [5.41, 5.74) is 0.205. The van der Waals surface area contributed by atoms with Crippen molar-refractivity contribution in [3.8, 4) is 0 Å². The van der Waals surface area contributed by atoms with E-state index in [9.17, 15) is 0 Å². The second-order valence-electron chi connectivity index (χ2n) is 7.53. The van der Waals surface area contributed by atoms with Gasteiger partial charge in [-0.3, -0.25) is 0 Å². The fraction of sp³-hybridized carbons (Fsp3) is 1.00. The van der Waals surface area contributed by atoms with Crippen LogP contribution in [-0.2, 0) is 9.47 Å². The molecule has 21 heavy (non-hydrogen) atoms. The molecule has 0 aromatic heterocycles. The van der Waals surface area contributed by atoms with Crippen molar-refractivity contribution in [2.24, 2.45) is 11.8 Å². The highest BCUT2D eigenvalue weighted by molar-refractivity contribution is 4.97. The summed E-state index contributed by atoms with van der Waals surface area (Å²) in [4.78, 5) is 0. The first-order chi connectivity index (χ1) is 10.2. The quantitative estimate of drug-likeness (QED) is 0.861. The zero-order valence-corrected chi connectivity index (χ0v) is 13.9. The van der Waals surface area contributed by atoms with Crippen molar-refractivity contribution in [2.45, 2.75) is 83.0 Å². The second kappa shape index (κ2) is 6.97. The van der Waals surface area contributed by atoms with E-state index >= 15 is 0 Å². The lowest BCUT2D eigenvalue weighted by Gasteiger charge is -2.47. The van der Waals surface area contributed by atoms with Gasteiger partial charge in [-0.2, -0.15) is 0 Å². The molecule has 2 saturated heterocycles. The van der Waals surface area contributed by atoms with Crippen molar-refractivity contribution >= 4 is 0 Å². The SMILES string of the molecule is CCNC(C1CCOC2(CCCCC2)C1)C1OCCC1C. The molecule has 1 spiro atoms. The van der Waals surface area contributed by atoms with Crippen molar-refractivity contribution in [1.82, 2.24) is 5.32 Å². The molecule has 3 rings (SSSR count). The Morgan fingerprint density at radius 2 is 1.95 bits per heavy atom. The Labute approximate surface area is 130 Å². The van der Waals surface area contributed by atoms with Crippen LogP contribution in [0.2, 0.25) is 0 Å². The third-order valence-corrected chi connectivity index (χ3v) is 6.04. The van der Waals surface area contributed by atoms with Gasteiger partial charge in [-0.05, 0) is 50.5 Å². The fourth-order valence-corrected chi connectivity index (χ4v) is 4.88. The molecule has 1 aliphatic carbocycles. The van der Waals surface area contributed by atoms with Crippen LogP contribution < -0.4 is 5.32 Å². The molecule has 0 aromatic carbocycles. The van der Waals surface area contributed by atoms with Gasteiger partial charge in [0.1, 0.15) is 0 Å². The zero-order valence-electron chi connectivity index (χ0n) is 13.9. The molecular weight excluding hydrogens is 262 g/mol. The third kappa shape index (κ3) is 3.46. The molecule has 4 unspecified atom stereocenters. The average molecular weight is 295 g/mol. The van der Waals surface area contributed by atoms with Crippen molar-refractivity contribution in [2.75, 3.05) is 19.8 Å². The van der Waals surface area contributed by atoms with Crippen LogP contribution in [0.15, 0.2) is 0 Å². The first kappa shape index (κ1) is 15.8. The number of rotatable bonds is 4. The summed E-state index contributed by atoms with van der Waals surface area (Å²) in [6.07, 6.45) is 10.8. The normalized spacial score (nSPS) is 37.7. The maximum atomic E-state index is 6.29. The number of ether oxygens (including phenoxy) is 2. The smallest absolute Gasteiger partial charge is 0.0757 e. The van der Waals surface area contributed by atoms with E-state index in [1.165, 1.54) is 51.4 Å². The van der Waals surface area contributed by atoms with E-state index in [-0.39, 0.29) is 5.60 Å². The molecule has 122 valence electrons. The molecule has 0 bridgehead atoms. The molecule has 4 atom stereocenters. The fourth-order valence-electron chi connectivity index (χ4n) is 4.88. The van der Waals surface area contributed by atoms with Crippen LogP contribution in [-0.4, -0.2) is 37.5 Å². The molecule has 1 N–H and O–H groups in total. The van der Waals surface area contributed by atoms with Crippen LogP contribution in [0.5, 0.6) is 0 Å². The van der Waals surface area contributed by atoms with Crippen LogP contribution in [0, 0.1) is 11.8 Å². The van der Waals surface area contributed by atoms with Crippen LogP contribution >= 0.6 is 0 Å². The summed E-state index contributed by atoms with van der Waals surface area (Å²) in [6, 6.07) is 0.523. The molecule has 3 fully saturated rings. The van der Waals surface area contributed by atoms with E-state index in [0.717, 1.165) is 25.7 Å². The highest BCUT2D eigenvalue weighted by Crippen LogP contribution is 2.43. The second-order valence-corrected chi connectivity index (χ2v) is 7.53. The Hall–Kier alpha value is -0.120. The lowest BCUT2D eigenvalue weighted by Crippen LogP contribution is -2.53. The van der Waals surface area contributed by atoms with Crippen LogP contribution in [0.4, 0.5) is 0 Å². The predicted octanol–water partition coefficient (Wildman–Crippen LogP) is 3.52. The van der Waals surface area contributed by atoms with Gasteiger partial charge in [0, 0.05) is 19.3 Å². The topological polar surface area (TPSA) is 30.5 Å². The maximum absolute atomic E-state index is 6.29. The summed E-state index contributed by atoms with van der Waals surface area (Å²) in [7, 11) is 0. The van der Waals surface area contributed by atoms with Gasteiger partial charge >= 0.3 is 0 Å². The minimum atomic E-state index is 0.205. The maximum Gasteiger partial charge on any atom is 0.0757 e. The Bertz CT molecular complexity index is 322. The summed E-state index contributed by atoms with van der Waals surface area (Å²) >= 11 is 0. The van der Waals surface area contributed by atoms with Crippen LogP contribution in [0.1, 0.15) is 65.2 Å². The van der Waals surface area contributed by atoms with Gasteiger partial charge in [0.2, 0.25) is 0 Å². The molecule has 0 amide bonds. The number of hydrogen-bond donors (Lipinski definition) is 1. The zero-order chi connectivity index (χ0) is 14.7. The van der Waals surface area contributed by atoms with Crippen molar-refractivity contribution in [1.29, 1.82) is 0 Å². The number of nitrogens with one attached hydrogen (secondary N) is 1. The summed E-state index contributed by atoms with van der Waals surface area (Å²) in [6.45, 7) is 7.53. The minimum Gasteiger partial charge on any atom is -0.376 e. The van der Waals surface area contributed by atoms with E-state index in [2.05, 4.69) is 19.2 Å². The standard InChI is InChI=1S/C18H33NO2/c1-3-19-16(17-14(2)7-11-20-17)15-8-12-21-18(13-15)9-5-4-6-10-18/h14-17,19H,3-13H2,1-2H3. The largest absolute Gasteiger partial charge is 0.376 e. The van der Waals surface area contributed by atoms with Gasteiger partial charge in [0.25, 0.3) is 0 Å². The molecule has 2 heterocycles. The van der Waals surface area contributed by atoms with Gasteiger partial charge in [-0.15, -0.1) is 0 Å². The van der Waals surface area contributed by atoms with Crippen LogP contribution in [0.25, 0.3) is 0 Å². The Kier molecular flexibility index (Phi) is 5.23. The molecule has 3 aliphatic rings. The molecule has 2 aliphatic heterocycles. The minimum absolute atomic E-state index is 0.205. The summed E-state index contributed by atoms with van der Waals surface area (Å²) < 4.78 is 12.4. The molecule has 0 aromatic rings. The summed E-state index contributed by atoms with van der Waals surface area (Å²) in [5.74, 6) is 1.42. The molecule has 3 nitrogen and oxygen atoms in total. The number of likely N-dealkylation sites (N-methyl/N-ethyl adjacent to an activating group) is 1. The first-order valence-electron chi connectivity index (χ1n) is 9.23. The van der Waals surface area contributed by atoms with Gasteiger partial charge in [-0.25, -0.2) is 0 Å². The van der Waals surface area contributed by atoms with E-state index in [4.69, 9.17) is 9.47 Å². The van der Waals surface area contributed by atoms with Gasteiger partial charge < -0.3 is 14.8 Å². The molecule has 1 saturated carbocycles. The predicted molar refractivity (Wildman–Crippen MR) is 85.5 cm³/mol. The summed E-state index contributed by atoms with van der Waals surface area (Å²) in [5, 5.41) is 3.77. The Balaban J connectivity index is 1.69. The molecule has 0 radical (unpaired) electrons. The van der Waals surface area contributed by atoms with Crippen molar-refractivity contribution in [3.63, 3.8) is 0 Å². The van der Waals surface area contributed by atoms with Gasteiger partial charge in [-0.1, -0.05) is 33.1 Å². The van der Waals surface area contributed by atoms with E-state index in [1.54, 1.807) is 0 Å². The van der Waals surface area contributed by atoms with E-state index in [1.807, 2.05) is 0 Å². The van der Waals surface area contributed by atoms with Gasteiger partial charge in [0.05, 0.1) is 11.7 Å². The lowest BCUT2D eigenvalue weighted by molar-refractivity contribution is -0.128. The van der Waals surface area contributed by atoms with Gasteiger partial charge in [0.15, 0.2) is 0 Å². The van der Waals surface area contributed by atoms with Crippen molar-refractivity contribution in [3.05, 3.63) is 0 Å².